The summed E-state index contributed by atoms with van der Waals surface area (Å²) in [6.07, 6.45) is 19.3. The van der Waals surface area contributed by atoms with Gasteiger partial charge in [-0.15, -0.1) is 0 Å². The first-order valence-corrected chi connectivity index (χ1v) is 19.2. The zero-order valence-electron chi connectivity index (χ0n) is 30.3. The van der Waals surface area contributed by atoms with Crippen LogP contribution in [-0.2, 0) is 19.2 Å². The van der Waals surface area contributed by atoms with E-state index in [0.717, 1.165) is 61.9 Å². The Bertz CT molecular complexity index is 1540. The van der Waals surface area contributed by atoms with E-state index in [4.69, 9.17) is 0 Å². The van der Waals surface area contributed by atoms with Crippen LogP contribution in [0.15, 0.2) is 35.5 Å². The lowest BCUT2D eigenvalue weighted by Crippen LogP contribution is -2.60. The fraction of sp³-hybridized carbons (Fsp3) is 0.762. The lowest BCUT2D eigenvalue weighted by atomic mass is 9.46. The molecule has 7 nitrogen and oxygen atoms in total. The van der Waals surface area contributed by atoms with Crippen molar-refractivity contribution < 1.29 is 34.5 Å². The van der Waals surface area contributed by atoms with Crippen molar-refractivity contribution in [2.24, 2.45) is 63.1 Å². The molecule has 0 aliphatic heterocycles. The predicted octanol–water partition coefficient (Wildman–Crippen LogP) is 6.28. The number of ketones is 4. The molecule has 268 valence electrons. The normalized spacial score (nSPS) is 49.5. The lowest BCUT2D eigenvalue weighted by Gasteiger charge is -2.57. The summed E-state index contributed by atoms with van der Waals surface area (Å²) in [6, 6.07) is 0. The van der Waals surface area contributed by atoms with E-state index in [-0.39, 0.29) is 47.3 Å². The Balaban J connectivity index is 0.000000155. The molecule has 6 saturated carbocycles. The fourth-order valence-corrected chi connectivity index (χ4v) is 13.9. The van der Waals surface area contributed by atoms with Crippen molar-refractivity contribution in [1.82, 2.24) is 0 Å². The van der Waals surface area contributed by atoms with E-state index in [1.165, 1.54) is 25.7 Å². The van der Waals surface area contributed by atoms with Gasteiger partial charge in [0.15, 0.2) is 11.6 Å². The number of hydrogen-bond acceptors (Lipinski definition) is 7. The Morgan fingerprint density at radius 1 is 0.878 bits per heavy atom. The zero-order valence-corrected chi connectivity index (χ0v) is 30.3. The second-order valence-electron chi connectivity index (χ2n) is 18.5. The SMILES string of the molecule is CC(=O)[C@H]1CC[C@H]2[C@@H]3CC=C4C[C@@H](O)CC[C@]4(C)[C@H]3CC[C@]12C.C[C@]12C=CC(=O)C=C1CC[C@@H]1[C@@H]2C(=O)C[C@@]2(C)[C@H]1CC[C@]2(O)C(=O)CO. The van der Waals surface area contributed by atoms with Gasteiger partial charge in [-0.1, -0.05) is 51.0 Å². The Kier molecular flexibility index (Phi) is 8.56. The Hall–Kier alpha value is -2.22. The third-order valence-corrected chi connectivity index (χ3v) is 16.6. The number of Topliss-reactive ketones (excluding diaryl/α,β-unsaturated/α-hetero) is 3. The van der Waals surface area contributed by atoms with Gasteiger partial charge in [0.25, 0.3) is 0 Å². The van der Waals surface area contributed by atoms with Crippen LogP contribution >= 0.6 is 0 Å². The average Bonchev–Trinajstić information content (AvgIpc) is 3.55. The molecule has 0 radical (unpaired) electrons. The van der Waals surface area contributed by atoms with Gasteiger partial charge < -0.3 is 15.3 Å². The Labute approximate surface area is 292 Å². The molecule has 0 aromatic carbocycles. The molecule has 8 aliphatic rings. The largest absolute Gasteiger partial charge is 0.393 e. The standard InChI is InChI=1S/C21H26O5.C21H32O2/c1-19-7-5-13(23)9-12(19)3-4-14-15-6-8-21(26,17(25)11-22)20(15,2)10-16(24)18(14)19;1-13(22)17-6-7-18-16-5-4-14-12-15(23)8-10-20(14,2)19(16)9-11-21(17,18)3/h5,7,9,14-15,18,22,26H,3-4,6,8,10-11H2,1-2H3;4,15-19,23H,5-12H2,1-3H3/t14-,15-,18+,19-,20-,21-;15-,16-,17+,18-,19-,20-,21+/m00/s1. The second-order valence-corrected chi connectivity index (χ2v) is 18.5. The van der Waals surface area contributed by atoms with Gasteiger partial charge in [-0.2, -0.15) is 0 Å². The van der Waals surface area contributed by atoms with E-state index in [9.17, 15) is 34.5 Å². The fourth-order valence-electron chi connectivity index (χ4n) is 13.9. The first-order valence-electron chi connectivity index (χ1n) is 19.2. The zero-order chi connectivity index (χ0) is 35.3. The van der Waals surface area contributed by atoms with E-state index >= 15 is 0 Å². The number of aliphatic hydroxyl groups is 3. The summed E-state index contributed by atoms with van der Waals surface area (Å²) >= 11 is 0. The minimum atomic E-state index is -1.62. The number of rotatable bonds is 3. The summed E-state index contributed by atoms with van der Waals surface area (Å²) in [6.45, 7) is 9.89. The van der Waals surface area contributed by atoms with Crippen molar-refractivity contribution in [1.29, 1.82) is 0 Å². The van der Waals surface area contributed by atoms with Crippen LogP contribution in [0.3, 0.4) is 0 Å². The molecule has 0 unspecified atom stereocenters. The highest BCUT2D eigenvalue weighted by molar-refractivity contribution is 6.02. The van der Waals surface area contributed by atoms with Crippen molar-refractivity contribution in [2.45, 2.75) is 130 Å². The summed E-state index contributed by atoms with van der Waals surface area (Å²) in [7, 11) is 0. The maximum absolute atomic E-state index is 13.3. The molecular formula is C42H58O7. The van der Waals surface area contributed by atoms with E-state index in [1.807, 2.05) is 26.8 Å². The molecule has 0 bridgehead atoms. The van der Waals surface area contributed by atoms with Crippen molar-refractivity contribution in [3.05, 3.63) is 35.5 Å². The van der Waals surface area contributed by atoms with Gasteiger partial charge in [-0.3, -0.25) is 19.2 Å². The minimum Gasteiger partial charge on any atom is -0.393 e. The molecule has 0 aromatic rings. The molecule has 0 saturated heterocycles. The summed E-state index contributed by atoms with van der Waals surface area (Å²) in [5.74, 6) is 2.41. The van der Waals surface area contributed by atoms with Gasteiger partial charge in [-0.05, 0) is 137 Å². The molecule has 0 heterocycles. The van der Waals surface area contributed by atoms with Crippen LogP contribution in [0, 0.1) is 63.1 Å². The summed E-state index contributed by atoms with van der Waals surface area (Å²) in [5.41, 5.74) is 0.252. The quantitative estimate of drug-likeness (QED) is 0.301. The highest BCUT2D eigenvalue weighted by Gasteiger charge is 2.68. The Morgan fingerprint density at radius 2 is 1.61 bits per heavy atom. The van der Waals surface area contributed by atoms with E-state index < -0.39 is 28.8 Å². The number of aliphatic hydroxyl groups excluding tert-OH is 2. The monoisotopic (exact) mass is 674 g/mol. The van der Waals surface area contributed by atoms with Crippen LogP contribution in [0.1, 0.15) is 118 Å². The average molecular weight is 675 g/mol. The minimum absolute atomic E-state index is 0.0206. The lowest BCUT2D eigenvalue weighted by molar-refractivity contribution is -0.168. The maximum Gasteiger partial charge on any atom is 0.190 e. The number of hydrogen-bond donors (Lipinski definition) is 3. The van der Waals surface area contributed by atoms with Crippen LogP contribution in [0.25, 0.3) is 0 Å². The molecule has 0 amide bonds. The summed E-state index contributed by atoms with van der Waals surface area (Å²) in [4.78, 5) is 49.5. The van der Waals surface area contributed by atoms with Crippen LogP contribution in [0.2, 0.25) is 0 Å². The van der Waals surface area contributed by atoms with Gasteiger partial charge in [0.1, 0.15) is 23.8 Å². The molecule has 0 aromatic heterocycles. The molecule has 6 fully saturated rings. The summed E-state index contributed by atoms with van der Waals surface area (Å²) < 4.78 is 0. The summed E-state index contributed by atoms with van der Waals surface area (Å²) in [5, 5.41) is 30.5. The van der Waals surface area contributed by atoms with Gasteiger partial charge in [-0.25, -0.2) is 0 Å². The van der Waals surface area contributed by atoms with Crippen molar-refractivity contribution in [3.63, 3.8) is 0 Å². The third kappa shape index (κ3) is 4.98. The van der Waals surface area contributed by atoms with Crippen LogP contribution in [0.4, 0.5) is 0 Å². The third-order valence-electron chi connectivity index (χ3n) is 16.6. The topological polar surface area (TPSA) is 129 Å². The van der Waals surface area contributed by atoms with Crippen LogP contribution in [-0.4, -0.2) is 56.8 Å². The molecule has 49 heavy (non-hydrogen) atoms. The van der Waals surface area contributed by atoms with E-state index in [0.29, 0.717) is 30.0 Å². The van der Waals surface area contributed by atoms with Crippen molar-refractivity contribution in [2.75, 3.05) is 6.61 Å². The van der Waals surface area contributed by atoms with Crippen molar-refractivity contribution in [3.8, 4) is 0 Å². The van der Waals surface area contributed by atoms with Crippen molar-refractivity contribution >= 4 is 23.1 Å². The van der Waals surface area contributed by atoms with Gasteiger partial charge in [0.05, 0.1) is 6.10 Å². The number of carbonyl (C=O) groups excluding carboxylic acids is 4. The first-order chi connectivity index (χ1) is 23.0. The first kappa shape index (κ1) is 35.2. The van der Waals surface area contributed by atoms with Gasteiger partial charge >= 0.3 is 0 Å². The highest BCUT2D eigenvalue weighted by Crippen LogP contribution is 2.67. The molecular weight excluding hydrogens is 616 g/mol. The molecule has 7 heteroatoms. The number of allylic oxidation sites excluding steroid dienone is 5. The molecule has 13 atom stereocenters. The maximum atomic E-state index is 13.3. The smallest absolute Gasteiger partial charge is 0.190 e. The van der Waals surface area contributed by atoms with E-state index in [1.54, 1.807) is 17.7 Å². The molecule has 8 rings (SSSR count). The molecule has 0 spiro atoms. The predicted molar refractivity (Wildman–Crippen MR) is 186 cm³/mol. The van der Waals surface area contributed by atoms with Gasteiger partial charge in [0.2, 0.25) is 0 Å². The van der Waals surface area contributed by atoms with Crippen LogP contribution in [0.5, 0.6) is 0 Å². The second kappa shape index (κ2) is 11.9. The number of fused-ring (bicyclic) bond motifs is 10. The van der Waals surface area contributed by atoms with Crippen LogP contribution < -0.4 is 0 Å². The Morgan fingerprint density at radius 3 is 2.33 bits per heavy atom. The highest BCUT2D eigenvalue weighted by atomic mass is 16.3. The molecule has 3 N–H and O–H groups in total. The molecule has 8 aliphatic carbocycles. The van der Waals surface area contributed by atoms with Gasteiger partial charge in [0, 0.05) is 29.1 Å². The van der Waals surface area contributed by atoms with E-state index in [2.05, 4.69) is 19.9 Å². The number of carbonyl (C=O) groups is 4.